The molecule has 4 aromatic rings. The zero-order valence-corrected chi connectivity index (χ0v) is 17.5. The van der Waals surface area contributed by atoms with Gasteiger partial charge in [0.1, 0.15) is 11.6 Å². The van der Waals surface area contributed by atoms with E-state index in [1.165, 1.54) is 0 Å². The summed E-state index contributed by atoms with van der Waals surface area (Å²) in [5, 5.41) is 19.4. The van der Waals surface area contributed by atoms with Crippen LogP contribution in [-0.4, -0.2) is 43.1 Å². The largest absolute Gasteiger partial charge is 0.493 e. The first-order valence-corrected chi connectivity index (χ1v) is 10.3. The van der Waals surface area contributed by atoms with Gasteiger partial charge in [0.2, 0.25) is 0 Å². The lowest BCUT2D eigenvalue weighted by Gasteiger charge is -2.14. The Morgan fingerprint density at radius 3 is 2.81 bits per heavy atom. The summed E-state index contributed by atoms with van der Waals surface area (Å²) in [7, 11) is 0. The normalized spacial score (nSPS) is 19.8. The summed E-state index contributed by atoms with van der Waals surface area (Å²) in [4.78, 5) is 30.9. The third-order valence-corrected chi connectivity index (χ3v) is 6.13. The van der Waals surface area contributed by atoms with E-state index < -0.39 is 5.97 Å². The Kier molecular flexibility index (Phi) is 4.54. The quantitative estimate of drug-likeness (QED) is 0.427. The lowest BCUT2D eigenvalue weighted by molar-refractivity contribution is -0.138. The van der Waals surface area contributed by atoms with E-state index in [4.69, 9.17) is 4.74 Å². The summed E-state index contributed by atoms with van der Waals surface area (Å²) in [6, 6.07) is 13.6. The molecule has 9 nitrogen and oxygen atoms in total. The van der Waals surface area contributed by atoms with Gasteiger partial charge >= 0.3 is 5.97 Å². The van der Waals surface area contributed by atoms with Crippen molar-refractivity contribution in [1.29, 1.82) is 0 Å². The molecule has 0 saturated heterocycles. The van der Waals surface area contributed by atoms with Crippen molar-refractivity contribution in [3.05, 3.63) is 58.4 Å². The van der Waals surface area contributed by atoms with Crippen LogP contribution in [0.2, 0.25) is 0 Å². The molecule has 5 rings (SSSR count). The van der Waals surface area contributed by atoms with Crippen molar-refractivity contribution in [3.8, 4) is 28.3 Å². The van der Waals surface area contributed by atoms with E-state index in [1.54, 1.807) is 0 Å². The Morgan fingerprint density at radius 1 is 1.25 bits per heavy atom. The van der Waals surface area contributed by atoms with Crippen LogP contribution in [0.1, 0.15) is 25.8 Å². The molecule has 9 heteroatoms. The third-order valence-electron chi connectivity index (χ3n) is 6.13. The number of nitrogens with one attached hydrogen (secondary N) is 2. The molecule has 2 heterocycles. The van der Waals surface area contributed by atoms with Crippen molar-refractivity contribution < 1.29 is 14.6 Å². The van der Waals surface area contributed by atoms with Crippen molar-refractivity contribution in [2.45, 2.75) is 25.7 Å². The molecule has 0 bridgehead atoms. The maximum absolute atomic E-state index is 12.3. The molecule has 2 atom stereocenters. The molecule has 0 amide bonds. The Bertz CT molecular complexity index is 1410. The zero-order chi connectivity index (χ0) is 22.5. The van der Waals surface area contributed by atoms with Gasteiger partial charge in [-0.15, -0.1) is 5.10 Å². The maximum Gasteiger partial charge on any atom is 0.307 e. The van der Waals surface area contributed by atoms with E-state index in [-0.39, 0.29) is 22.4 Å². The minimum absolute atomic E-state index is 0.147. The van der Waals surface area contributed by atoms with Crippen LogP contribution in [0.4, 0.5) is 0 Å². The Labute approximate surface area is 182 Å². The predicted molar refractivity (Wildman–Crippen MR) is 117 cm³/mol. The lowest BCUT2D eigenvalue weighted by atomic mass is 9.92. The highest BCUT2D eigenvalue weighted by atomic mass is 16.5. The number of ether oxygens (including phenoxy) is 1. The summed E-state index contributed by atoms with van der Waals surface area (Å²) < 4.78 is 5.86. The second kappa shape index (κ2) is 7.30. The molecule has 1 aliphatic rings. The molecular formula is C23H21N5O4. The van der Waals surface area contributed by atoms with Gasteiger partial charge in [0.25, 0.3) is 5.56 Å². The summed E-state index contributed by atoms with van der Waals surface area (Å²) in [6.07, 6.45) is 0.638. The van der Waals surface area contributed by atoms with Crippen LogP contribution in [0.3, 0.4) is 0 Å². The molecule has 0 radical (unpaired) electrons. The third kappa shape index (κ3) is 3.22. The number of nitrogens with zero attached hydrogens (tertiary/aromatic N) is 3. The summed E-state index contributed by atoms with van der Waals surface area (Å²) in [5.41, 5.74) is 3.24. The second-order valence-corrected chi connectivity index (χ2v) is 8.16. The summed E-state index contributed by atoms with van der Waals surface area (Å²) >= 11 is 0. The van der Waals surface area contributed by atoms with Gasteiger partial charge in [-0.25, -0.2) is 10.1 Å². The molecule has 3 N–H and O–H groups in total. The van der Waals surface area contributed by atoms with Crippen molar-refractivity contribution in [2.24, 2.45) is 5.92 Å². The van der Waals surface area contributed by atoms with Crippen LogP contribution in [0.5, 0.6) is 5.75 Å². The molecule has 32 heavy (non-hydrogen) atoms. The predicted octanol–water partition coefficient (Wildman–Crippen LogP) is 3.14. The molecule has 2 aromatic carbocycles. The summed E-state index contributed by atoms with van der Waals surface area (Å²) in [5.74, 6) is -0.181. The molecule has 0 spiro atoms. The number of carboxylic acid groups (broad SMARTS) is 1. The number of H-pyrrole nitrogens is 2. The average Bonchev–Trinajstić information content (AvgIpc) is 3.26. The van der Waals surface area contributed by atoms with Crippen LogP contribution >= 0.6 is 0 Å². The fourth-order valence-electron chi connectivity index (χ4n) is 4.16. The first-order valence-electron chi connectivity index (χ1n) is 10.3. The maximum atomic E-state index is 12.3. The number of aromatic amines is 2. The highest BCUT2D eigenvalue weighted by molar-refractivity contribution is 5.79. The van der Waals surface area contributed by atoms with Crippen molar-refractivity contribution in [1.82, 2.24) is 25.4 Å². The highest BCUT2D eigenvalue weighted by Gasteiger charge is 2.55. The molecule has 162 valence electrons. The standard InChI is InChI=1S/C23H21N5O4/c1-3-32-17-10-13(12-5-4-6-14(9-12)23(2)11-16(23)22(30)31)7-8-15(17)19-24-20-18(21(29)25-19)26-28-27-20/h4-10,16H,3,11H2,1-2H3,(H,30,31)(H2,24,25,26,27,28,29)/t16-,23?/m1/s1. The average molecular weight is 431 g/mol. The molecule has 1 saturated carbocycles. The Hall–Kier alpha value is -4.01. The van der Waals surface area contributed by atoms with E-state index in [9.17, 15) is 14.7 Å². The zero-order valence-electron chi connectivity index (χ0n) is 17.5. The number of fused-ring (bicyclic) bond motifs is 1. The SMILES string of the molecule is CCOc1cc(-c2cccc(C3(C)C[C@@H]3C(=O)O)c2)ccc1-c1nc2[nH]nnc2c(=O)[nH]1. The molecule has 1 unspecified atom stereocenters. The molecule has 0 aliphatic heterocycles. The first-order chi connectivity index (χ1) is 15.4. The van der Waals surface area contributed by atoms with Crippen LogP contribution < -0.4 is 10.3 Å². The van der Waals surface area contributed by atoms with E-state index >= 15 is 0 Å². The van der Waals surface area contributed by atoms with Gasteiger partial charge < -0.3 is 14.8 Å². The van der Waals surface area contributed by atoms with E-state index in [2.05, 4.69) is 25.4 Å². The Balaban J connectivity index is 1.56. The van der Waals surface area contributed by atoms with E-state index in [1.807, 2.05) is 56.3 Å². The number of hydrogen-bond donors (Lipinski definition) is 3. The van der Waals surface area contributed by atoms with Gasteiger partial charge in [-0.05, 0) is 42.2 Å². The molecule has 1 aliphatic carbocycles. The first kappa shape index (κ1) is 19.9. The molecular weight excluding hydrogens is 410 g/mol. The van der Waals surface area contributed by atoms with Crippen LogP contribution in [-0.2, 0) is 10.2 Å². The minimum Gasteiger partial charge on any atom is -0.493 e. The number of aliphatic carboxylic acids is 1. The van der Waals surface area contributed by atoms with E-state index in [0.29, 0.717) is 35.8 Å². The van der Waals surface area contributed by atoms with Gasteiger partial charge in [0.15, 0.2) is 11.2 Å². The number of aromatic nitrogens is 5. The number of rotatable bonds is 6. The van der Waals surface area contributed by atoms with Crippen molar-refractivity contribution in [2.75, 3.05) is 6.61 Å². The topological polar surface area (TPSA) is 134 Å². The van der Waals surface area contributed by atoms with Gasteiger partial charge in [-0.2, -0.15) is 0 Å². The van der Waals surface area contributed by atoms with Crippen molar-refractivity contribution >= 4 is 17.1 Å². The molecule has 1 fully saturated rings. The number of carboxylic acids is 1. The van der Waals surface area contributed by atoms with Gasteiger partial charge in [-0.3, -0.25) is 9.59 Å². The fraction of sp³-hybridized carbons (Fsp3) is 0.261. The van der Waals surface area contributed by atoms with Crippen molar-refractivity contribution in [3.63, 3.8) is 0 Å². The number of carbonyl (C=O) groups is 1. The second-order valence-electron chi connectivity index (χ2n) is 8.16. The Morgan fingerprint density at radius 2 is 2.06 bits per heavy atom. The minimum atomic E-state index is -0.758. The lowest BCUT2D eigenvalue weighted by Crippen LogP contribution is -2.11. The van der Waals surface area contributed by atoms with Gasteiger partial charge in [-0.1, -0.05) is 42.5 Å². The van der Waals surface area contributed by atoms with Crippen LogP contribution in [0.15, 0.2) is 47.3 Å². The van der Waals surface area contributed by atoms with Gasteiger partial charge in [0, 0.05) is 5.41 Å². The van der Waals surface area contributed by atoms with E-state index in [0.717, 1.165) is 16.7 Å². The smallest absolute Gasteiger partial charge is 0.307 e. The number of hydrogen-bond acceptors (Lipinski definition) is 6. The fourth-order valence-corrected chi connectivity index (χ4v) is 4.16. The van der Waals surface area contributed by atoms with Crippen LogP contribution in [0.25, 0.3) is 33.7 Å². The monoisotopic (exact) mass is 431 g/mol. The molecule has 2 aromatic heterocycles. The van der Waals surface area contributed by atoms with Crippen LogP contribution in [0, 0.1) is 5.92 Å². The number of benzene rings is 2. The van der Waals surface area contributed by atoms with Gasteiger partial charge in [0.05, 0.1) is 18.1 Å². The highest BCUT2D eigenvalue weighted by Crippen LogP contribution is 2.54. The summed E-state index contributed by atoms with van der Waals surface area (Å²) in [6.45, 7) is 4.31.